The molecule has 3 heterocycles. The zero-order valence-electron chi connectivity index (χ0n) is 21.9. The number of halogens is 3. The summed E-state index contributed by atoms with van der Waals surface area (Å²) in [5.41, 5.74) is -1.28. The number of amides is 1. The smallest absolute Gasteiger partial charge is 0.381 e. The van der Waals surface area contributed by atoms with Crippen LogP contribution in [0.4, 0.5) is 13.2 Å². The van der Waals surface area contributed by atoms with Crippen molar-refractivity contribution in [3.05, 3.63) is 22.3 Å². The fraction of sp³-hybridized carbons (Fsp3) is 0.692. The van der Waals surface area contributed by atoms with Gasteiger partial charge in [0.2, 0.25) is 0 Å². The molecular weight excluding hydrogens is 557 g/mol. The Kier molecular flexibility index (Phi) is 8.96. The number of hydrogen-bond acceptors (Lipinski definition) is 7. The van der Waals surface area contributed by atoms with Crippen LogP contribution < -0.4 is 5.32 Å². The molecule has 0 atom stereocenters. The predicted octanol–water partition coefficient (Wildman–Crippen LogP) is 6.74. The minimum atomic E-state index is -4.83. The number of aromatic nitrogens is 1. The summed E-state index contributed by atoms with van der Waals surface area (Å²) in [4.78, 5) is 18.3. The second-order valence-electron chi connectivity index (χ2n) is 11.5. The highest BCUT2D eigenvalue weighted by Gasteiger charge is 2.41. The second-order valence-corrected chi connectivity index (χ2v) is 15.7. The quantitative estimate of drug-likeness (QED) is 0.385. The first kappa shape index (κ1) is 29.5. The number of thiazole rings is 1. The summed E-state index contributed by atoms with van der Waals surface area (Å²) in [6.07, 6.45) is 2.46. The van der Waals surface area contributed by atoms with Gasteiger partial charge in [-0.25, -0.2) is 13.4 Å². The minimum absolute atomic E-state index is 0.0434. The molecule has 2 aliphatic rings. The summed E-state index contributed by atoms with van der Waals surface area (Å²) < 4.78 is 73.1. The molecule has 2 aromatic rings. The Balaban J connectivity index is 1.74. The van der Waals surface area contributed by atoms with Crippen LogP contribution in [0.2, 0.25) is 0 Å². The van der Waals surface area contributed by atoms with Gasteiger partial charge in [-0.1, -0.05) is 52.9 Å². The van der Waals surface area contributed by atoms with Crippen molar-refractivity contribution in [2.24, 2.45) is 11.3 Å². The molecule has 1 saturated carbocycles. The van der Waals surface area contributed by atoms with Crippen molar-refractivity contribution < 1.29 is 31.1 Å². The molecule has 1 saturated heterocycles. The van der Waals surface area contributed by atoms with Gasteiger partial charge in [-0.3, -0.25) is 4.79 Å². The van der Waals surface area contributed by atoms with E-state index in [1.165, 1.54) is 0 Å². The molecule has 1 aliphatic heterocycles. The van der Waals surface area contributed by atoms with Crippen molar-refractivity contribution in [1.29, 1.82) is 0 Å². The van der Waals surface area contributed by atoms with E-state index in [9.17, 15) is 26.4 Å². The highest BCUT2D eigenvalue weighted by atomic mass is 32.2. The third-order valence-corrected chi connectivity index (χ3v) is 12.0. The molecule has 38 heavy (non-hydrogen) atoms. The Hall–Kier alpha value is -1.50. The molecule has 1 N–H and O–H groups in total. The fourth-order valence-electron chi connectivity index (χ4n) is 5.08. The summed E-state index contributed by atoms with van der Waals surface area (Å²) in [5, 5.41) is 3.17. The van der Waals surface area contributed by atoms with E-state index in [-0.39, 0.29) is 21.8 Å². The minimum Gasteiger partial charge on any atom is -0.381 e. The molecule has 1 aliphatic carbocycles. The average molecular weight is 593 g/mol. The van der Waals surface area contributed by atoms with Gasteiger partial charge in [0.15, 0.2) is 14.8 Å². The van der Waals surface area contributed by atoms with E-state index in [1.54, 1.807) is 20.8 Å². The Bertz CT molecular complexity index is 1230. The Morgan fingerprint density at radius 3 is 2.34 bits per heavy atom. The molecule has 1 amide bonds. The number of carbonyl (C=O) groups is 1. The highest BCUT2D eigenvalue weighted by Crippen LogP contribution is 2.46. The second kappa shape index (κ2) is 11.5. The van der Waals surface area contributed by atoms with Gasteiger partial charge in [0.1, 0.15) is 4.21 Å². The maximum atomic E-state index is 14.1. The summed E-state index contributed by atoms with van der Waals surface area (Å²) in [6.45, 7) is 6.16. The van der Waals surface area contributed by atoms with Crippen LogP contribution in [-0.2, 0) is 27.2 Å². The van der Waals surface area contributed by atoms with Crippen LogP contribution >= 0.6 is 22.7 Å². The Labute approximate surface area is 230 Å². The van der Waals surface area contributed by atoms with Gasteiger partial charge in [-0.2, -0.15) is 13.2 Å². The third-order valence-electron chi connectivity index (χ3n) is 6.79. The van der Waals surface area contributed by atoms with Crippen LogP contribution in [-0.4, -0.2) is 44.3 Å². The first-order valence-corrected chi connectivity index (χ1v) is 16.3. The molecule has 0 aromatic carbocycles. The van der Waals surface area contributed by atoms with Crippen molar-refractivity contribution in [2.45, 2.75) is 88.6 Å². The SMILES string of the molecule is CC(C)(C)CS(=O)(=O)c1sc(-c2sc(C(=O)NC3CCOCC3)nc2CC2CCCCC2)cc1C(F)(F)F. The van der Waals surface area contributed by atoms with E-state index in [0.29, 0.717) is 60.3 Å². The number of hydrogen-bond donors (Lipinski definition) is 1. The number of ether oxygens (including phenoxy) is 1. The molecule has 4 rings (SSSR count). The van der Waals surface area contributed by atoms with E-state index in [4.69, 9.17) is 4.74 Å². The van der Waals surface area contributed by atoms with Gasteiger partial charge < -0.3 is 10.1 Å². The molecule has 2 aromatic heterocycles. The first-order chi connectivity index (χ1) is 17.7. The maximum absolute atomic E-state index is 14.1. The molecule has 6 nitrogen and oxygen atoms in total. The number of rotatable bonds is 7. The lowest BCUT2D eigenvalue weighted by atomic mass is 9.86. The Morgan fingerprint density at radius 2 is 1.74 bits per heavy atom. The molecule has 2 fully saturated rings. The fourth-order valence-corrected chi connectivity index (χ4v) is 9.85. The van der Waals surface area contributed by atoms with Crippen LogP contribution in [0.1, 0.15) is 86.8 Å². The van der Waals surface area contributed by atoms with Crippen molar-refractivity contribution in [1.82, 2.24) is 10.3 Å². The normalized spacial score (nSPS) is 18.6. The van der Waals surface area contributed by atoms with Crippen LogP contribution in [0.5, 0.6) is 0 Å². The van der Waals surface area contributed by atoms with E-state index in [0.717, 1.165) is 49.5 Å². The molecular formula is C26H35F3N2O4S3. The van der Waals surface area contributed by atoms with Gasteiger partial charge in [-0.05, 0) is 36.7 Å². The number of nitrogens with zero attached hydrogens (tertiary/aromatic N) is 1. The van der Waals surface area contributed by atoms with Crippen LogP contribution in [0, 0.1) is 11.3 Å². The van der Waals surface area contributed by atoms with Crippen molar-refractivity contribution in [3.8, 4) is 9.75 Å². The lowest BCUT2D eigenvalue weighted by molar-refractivity contribution is -0.139. The van der Waals surface area contributed by atoms with Crippen LogP contribution in [0.15, 0.2) is 10.3 Å². The molecule has 0 radical (unpaired) electrons. The first-order valence-electron chi connectivity index (χ1n) is 13.1. The van der Waals surface area contributed by atoms with Crippen LogP contribution in [0.25, 0.3) is 9.75 Å². The zero-order chi connectivity index (χ0) is 27.7. The van der Waals surface area contributed by atoms with E-state index in [1.807, 2.05) is 0 Å². The third kappa shape index (κ3) is 7.37. The van der Waals surface area contributed by atoms with E-state index in [2.05, 4.69) is 10.3 Å². The zero-order valence-corrected chi connectivity index (χ0v) is 24.4. The monoisotopic (exact) mass is 592 g/mol. The van der Waals surface area contributed by atoms with Gasteiger partial charge in [0.05, 0.1) is 21.9 Å². The molecule has 212 valence electrons. The largest absolute Gasteiger partial charge is 0.418 e. The standard InChI is InChI=1S/C26H35F3N2O4S3/c1-25(2,3)15-38(33,34)24-18(26(27,28)29)14-20(36-24)21-19(13-16-7-5-4-6-8-16)31-23(37-21)22(32)30-17-9-11-35-12-10-17/h14,16-17H,4-13,15H2,1-3H3,(H,30,32). The number of nitrogens with one attached hydrogen (secondary N) is 1. The number of thiophene rings is 1. The topological polar surface area (TPSA) is 85.4 Å². The summed E-state index contributed by atoms with van der Waals surface area (Å²) >= 11 is 1.69. The summed E-state index contributed by atoms with van der Waals surface area (Å²) in [7, 11) is -4.20. The van der Waals surface area contributed by atoms with Crippen molar-refractivity contribution in [3.63, 3.8) is 0 Å². The predicted molar refractivity (Wildman–Crippen MR) is 144 cm³/mol. The van der Waals surface area contributed by atoms with Crippen molar-refractivity contribution in [2.75, 3.05) is 19.0 Å². The molecule has 0 bridgehead atoms. The average Bonchev–Trinajstić information content (AvgIpc) is 3.44. The van der Waals surface area contributed by atoms with Gasteiger partial charge >= 0.3 is 6.18 Å². The van der Waals surface area contributed by atoms with Gasteiger partial charge in [-0.15, -0.1) is 22.7 Å². The number of sulfone groups is 1. The molecule has 12 heteroatoms. The highest BCUT2D eigenvalue weighted by molar-refractivity contribution is 7.93. The molecule has 0 spiro atoms. The lowest BCUT2D eigenvalue weighted by Crippen LogP contribution is -2.38. The Morgan fingerprint density at radius 1 is 1.08 bits per heavy atom. The summed E-state index contributed by atoms with van der Waals surface area (Å²) in [5.74, 6) is -0.423. The van der Waals surface area contributed by atoms with Gasteiger partial charge in [0, 0.05) is 24.1 Å². The van der Waals surface area contributed by atoms with E-state index >= 15 is 0 Å². The van der Waals surface area contributed by atoms with Crippen molar-refractivity contribution >= 4 is 38.4 Å². The molecule has 0 unspecified atom stereocenters. The maximum Gasteiger partial charge on any atom is 0.418 e. The summed E-state index contributed by atoms with van der Waals surface area (Å²) in [6, 6.07) is 0.885. The van der Waals surface area contributed by atoms with E-state index < -0.39 is 37.0 Å². The number of alkyl halides is 3. The number of carbonyl (C=O) groups excluding carboxylic acids is 1. The lowest BCUT2D eigenvalue weighted by Gasteiger charge is -2.22. The van der Waals surface area contributed by atoms with Gasteiger partial charge in [0.25, 0.3) is 5.91 Å². The van der Waals surface area contributed by atoms with Crippen LogP contribution in [0.3, 0.4) is 0 Å².